The highest BCUT2D eigenvalue weighted by atomic mass is 19.2. The lowest BCUT2D eigenvalue weighted by molar-refractivity contribution is 0.242. The van der Waals surface area contributed by atoms with E-state index in [1.54, 1.807) is 13.2 Å². The number of fused-ring (bicyclic) bond motifs is 1. The second-order valence-electron chi connectivity index (χ2n) is 6.73. The minimum absolute atomic E-state index is 0.543. The molecule has 0 bridgehead atoms. The molecule has 0 unspecified atom stereocenters. The van der Waals surface area contributed by atoms with Crippen molar-refractivity contribution < 1.29 is 13.5 Å². The van der Waals surface area contributed by atoms with Gasteiger partial charge in [-0.1, -0.05) is 12.1 Å². The molecular weight excluding hydrogens is 362 g/mol. The number of nitrogens with zero attached hydrogens (tertiary/aromatic N) is 3. The van der Waals surface area contributed by atoms with E-state index in [1.165, 1.54) is 12.1 Å². The van der Waals surface area contributed by atoms with Crippen molar-refractivity contribution in [3.63, 3.8) is 0 Å². The van der Waals surface area contributed by atoms with E-state index in [9.17, 15) is 8.78 Å². The fourth-order valence-corrected chi connectivity index (χ4v) is 3.30. The molecule has 0 aliphatic carbocycles. The fourth-order valence-electron chi connectivity index (χ4n) is 3.30. The molecule has 0 fully saturated rings. The number of nitrogens with one attached hydrogen (secondary N) is 1. The molecule has 4 rings (SSSR count). The van der Waals surface area contributed by atoms with Crippen LogP contribution >= 0.6 is 0 Å². The summed E-state index contributed by atoms with van der Waals surface area (Å²) in [5.74, 6) is -0.333. The van der Waals surface area contributed by atoms with Gasteiger partial charge in [-0.25, -0.2) is 18.7 Å². The molecule has 1 N–H and O–H groups in total. The Morgan fingerprint density at radius 2 is 2.04 bits per heavy atom. The van der Waals surface area contributed by atoms with Gasteiger partial charge in [-0.15, -0.1) is 0 Å². The summed E-state index contributed by atoms with van der Waals surface area (Å²) in [4.78, 5) is 11.2. The summed E-state index contributed by atoms with van der Waals surface area (Å²) < 4.78 is 31.7. The van der Waals surface area contributed by atoms with E-state index in [2.05, 4.69) is 20.2 Å². The number of benzene rings is 2. The van der Waals surface area contributed by atoms with Crippen LogP contribution in [0.3, 0.4) is 0 Å². The molecule has 0 saturated carbocycles. The summed E-state index contributed by atoms with van der Waals surface area (Å²) in [5.41, 5.74) is 3.65. The average molecular weight is 382 g/mol. The Labute approximate surface area is 162 Å². The Morgan fingerprint density at radius 3 is 2.86 bits per heavy atom. The predicted molar refractivity (Wildman–Crippen MR) is 102 cm³/mol. The van der Waals surface area contributed by atoms with E-state index in [0.29, 0.717) is 19.0 Å². The van der Waals surface area contributed by atoms with Gasteiger partial charge in [-0.2, -0.15) is 0 Å². The first-order valence-corrected chi connectivity index (χ1v) is 9.03. The standard InChI is InChI=1S/C21H20F2N4O/c1-28-17-4-2-3-16(10-17)25-21-24-11-15-13-27(8-7-20(15)26-21)12-14-5-6-18(22)19(23)9-14/h2-6,9-11H,7-8,12-13H2,1H3,(H,24,25,26). The molecule has 144 valence electrons. The van der Waals surface area contributed by atoms with Crippen molar-refractivity contribution in [2.24, 2.45) is 0 Å². The molecule has 0 atom stereocenters. The van der Waals surface area contributed by atoms with Gasteiger partial charge >= 0.3 is 0 Å². The summed E-state index contributed by atoms with van der Waals surface area (Å²) in [6, 6.07) is 11.6. The van der Waals surface area contributed by atoms with Crippen molar-refractivity contribution in [3.8, 4) is 5.75 Å². The highest BCUT2D eigenvalue weighted by Gasteiger charge is 2.19. The Balaban J connectivity index is 1.44. The van der Waals surface area contributed by atoms with Crippen LogP contribution in [0, 0.1) is 11.6 Å². The monoisotopic (exact) mass is 382 g/mol. The Morgan fingerprint density at radius 1 is 1.14 bits per heavy atom. The first-order chi connectivity index (χ1) is 13.6. The predicted octanol–water partition coefficient (Wildman–Crippen LogP) is 4.07. The van der Waals surface area contributed by atoms with Gasteiger partial charge in [-0.3, -0.25) is 4.90 Å². The minimum Gasteiger partial charge on any atom is -0.497 e. The van der Waals surface area contributed by atoms with Gasteiger partial charge in [0.05, 0.1) is 12.8 Å². The van der Waals surface area contributed by atoms with Crippen molar-refractivity contribution in [1.29, 1.82) is 0 Å². The van der Waals surface area contributed by atoms with Gasteiger partial charge < -0.3 is 10.1 Å². The number of aromatic nitrogens is 2. The minimum atomic E-state index is -0.822. The van der Waals surface area contributed by atoms with Crippen LogP contribution in [0.4, 0.5) is 20.4 Å². The molecule has 5 nitrogen and oxygen atoms in total. The SMILES string of the molecule is COc1cccc(Nc2ncc3c(n2)CCN(Cc2ccc(F)c(F)c2)C3)c1. The smallest absolute Gasteiger partial charge is 0.227 e. The number of hydrogen-bond donors (Lipinski definition) is 1. The maximum absolute atomic E-state index is 13.4. The van der Waals surface area contributed by atoms with Crippen LogP contribution in [0.5, 0.6) is 5.75 Å². The fraction of sp³-hybridized carbons (Fsp3) is 0.238. The molecule has 2 heterocycles. The Bertz CT molecular complexity index is 996. The van der Waals surface area contributed by atoms with Crippen LogP contribution in [0.2, 0.25) is 0 Å². The van der Waals surface area contributed by atoms with E-state index in [-0.39, 0.29) is 0 Å². The van der Waals surface area contributed by atoms with Gasteiger partial charge in [0.25, 0.3) is 0 Å². The number of halogens is 2. The number of rotatable bonds is 5. The molecule has 0 radical (unpaired) electrons. The molecule has 3 aromatic rings. The number of anilines is 2. The van der Waals surface area contributed by atoms with Gasteiger partial charge in [-0.05, 0) is 29.8 Å². The van der Waals surface area contributed by atoms with Gasteiger partial charge in [0.2, 0.25) is 5.95 Å². The molecule has 2 aromatic carbocycles. The summed E-state index contributed by atoms with van der Waals surface area (Å²) in [5, 5.41) is 3.20. The molecular formula is C21H20F2N4O. The van der Waals surface area contributed by atoms with Crippen molar-refractivity contribution in [2.75, 3.05) is 19.0 Å². The van der Waals surface area contributed by atoms with Crippen LogP contribution < -0.4 is 10.1 Å². The first-order valence-electron chi connectivity index (χ1n) is 9.03. The van der Waals surface area contributed by atoms with Crippen LogP contribution in [0.25, 0.3) is 0 Å². The van der Waals surface area contributed by atoms with E-state index in [4.69, 9.17) is 4.74 Å². The molecule has 1 aliphatic heterocycles. The van der Waals surface area contributed by atoms with Crippen molar-refractivity contribution in [1.82, 2.24) is 14.9 Å². The zero-order valence-corrected chi connectivity index (χ0v) is 15.5. The summed E-state index contributed by atoms with van der Waals surface area (Å²) in [6.07, 6.45) is 2.59. The summed E-state index contributed by atoms with van der Waals surface area (Å²) in [7, 11) is 1.63. The summed E-state index contributed by atoms with van der Waals surface area (Å²) >= 11 is 0. The molecule has 0 amide bonds. The Kier molecular flexibility index (Phi) is 5.16. The van der Waals surface area contributed by atoms with Gasteiger partial charge in [0.15, 0.2) is 11.6 Å². The summed E-state index contributed by atoms with van der Waals surface area (Å²) in [6.45, 7) is 2.02. The largest absolute Gasteiger partial charge is 0.497 e. The molecule has 0 spiro atoms. The van der Waals surface area contributed by atoms with E-state index in [1.807, 2.05) is 30.5 Å². The molecule has 28 heavy (non-hydrogen) atoms. The van der Waals surface area contributed by atoms with E-state index >= 15 is 0 Å². The lowest BCUT2D eigenvalue weighted by atomic mass is 10.1. The van der Waals surface area contributed by atoms with Gasteiger partial charge in [0, 0.05) is 49.6 Å². The first kappa shape index (κ1) is 18.3. The number of hydrogen-bond acceptors (Lipinski definition) is 5. The molecule has 7 heteroatoms. The lowest BCUT2D eigenvalue weighted by Gasteiger charge is -2.28. The zero-order valence-electron chi connectivity index (χ0n) is 15.5. The topological polar surface area (TPSA) is 50.3 Å². The van der Waals surface area contributed by atoms with Crippen molar-refractivity contribution in [2.45, 2.75) is 19.5 Å². The van der Waals surface area contributed by atoms with Crippen molar-refractivity contribution in [3.05, 3.63) is 77.1 Å². The second-order valence-corrected chi connectivity index (χ2v) is 6.73. The van der Waals surface area contributed by atoms with E-state index < -0.39 is 11.6 Å². The molecule has 0 saturated heterocycles. The highest BCUT2D eigenvalue weighted by Crippen LogP contribution is 2.23. The van der Waals surface area contributed by atoms with Crippen LogP contribution in [-0.2, 0) is 19.5 Å². The number of ether oxygens (including phenoxy) is 1. The van der Waals surface area contributed by atoms with Gasteiger partial charge in [0.1, 0.15) is 5.75 Å². The zero-order chi connectivity index (χ0) is 19.5. The lowest BCUT2D eigenvalue weighted by Crippen LogP contribution is -2.31. The quantitative estimate of drug-likeness (QED) is 0.721. The van der Waals surface area contributed by atoms with Crippen molar-refractivity contribution >= 4 is 11.6 Å². The average Bonchev–Trinajstić information content (AvgIpc) is 2.71. The molecule has 1 aromatic heterocycles. The highest BCUT2D eigenvalue weighted by molar-refractivity contribution is 5.56. The maximum Gasteiger partial charge on any atom is 0.227 e. The van der Waals surface area contributed by atoms with Crippen LogP contribution in [0.15, 0.2) is 48.7 Å². The van der Waals surface area contributed by atoms with E-state index in [0.717, 1.165) is 41.2 Å². The van der Waals surface area contributed by atoms with Crippen LogP contribution in [-0.4, -0.2) is 28.5 Å². The second kappa shape index (κ2) is 7.90. The van der Waals surface area contributed by atoms with Crippen LogP contribution in [0.1, 0.15) is 16.8 Å². The Hall–Kier alpha value is -3.06. The maximum atomic E-state index is 13.4. The third-order valence-electron chi connectivity index (χ3n) is 4.73. The third kappa shape index (κ3) is 4.09. The molecule has 1 aliphatic rings. The third-order valence-corrected chi connectivity index (χ3v) is 4.73. The normalized spacial score (nSPS) is 13.8. The number of methoxy groups -OCH3 is 1.